The molecule has 5 unspecified atom stereocenters. The van der Waals surface area contributed by atoms with Crippen LogP contribution in [-0.2, 0) is 49.3 Å². The zero-order valence-corrected chi connectivity index (χ0v) is 38.3. The van der Waals surface area contributed by atoms with Gasteiger partial charge in [-0.25, -0.2) is 9.59 Å². The molecule has 1 aliphatic carbocycles. The topological polar surface area (TPSA) is 167 Å². The Morgan fingerprint density at radius 1 is 0.938 bits per heavy atom. The van der Waals surface area contributed by atoms with E-state index in [2.05, 4.69) is 23.9 Å². The number of nitrogens with one attached hydrogen (secondary N) is 1. The summed E-state index contributed by atoms with van der Waals surface area (Å²) in [6.45, 7) is 7.26. The first-order valence-corrected chi connectivity index (χ1v) is 22.5. The minimum Gasteiger partial charge on any atom is -0.460 e. The van der Waals surface area contributed by atoms with Crippen LogP contribution in [0, 0.1) is 0 Å². The number of amides is 2. The average Bonchev–Trinajstić information content (AvgIpc) is 3.63. The standard InChI is InChI=1S/C49H65F3N2O11/c1-7-9-14-26-48(27-15-10-8-2)63-40-30-36(29-39(43(40)65-48)62-46(60)35-21-18-33(19-22-35)20-24-41(56)61-32-49(50,51)52)45(59)54(6)38(28-34-16-12-11-13-17-34)44(58)53-37(31-55)23-25-42(57)64-47(3,4)5/h11-13,16-22,24,30,37-40,43,55H,7-10,14-15,23,25-29,31-32H2,1-6H3,(H,53,58). The quantitative estimate of drug-likeness (QED) is 0.0481. The number of carbonyl (C=O) groups is 5. The van der Waals surface area contributed by atoms with Crippen LogP contribution < -0.4 is 5.32 Å². The number of benzene rings is 2. The van der Waals surface area contributed by atoms with Gasteiger partial charge >= 0.3 is 24.1 Å². The van der Waals surface area contributed by atoms with Crippen molar-refractivity contribution in [2.75, 3.05) is 20.3 Å². The number of ether oxygens (including phenoxy) is 5. The Balaban J connectivity index is 1.61. The second-order valence-electron chi connectivity index (χ2n) is 17.6. The lowest BCUT2D eigenvalue weighted by Crippen LogP contribution is -2.53. The van der Waals surface area contributed by atoms with Gasteiger partial charge in [-0.3, -0.25) is 14.4 Å². The van der Waals surface area contributed by atoms with Gasteiger partial charge in [-0.05, 0) is 75.4 Å². The molecule has 4 rings (SSSR count). The van der Waals surface area contributed by atoms with Gasteiger partial charge < -0.3 is 39.0 Å². The first-order valence-electron chi connectivity index (χ1n) is 22.5. The number of alkyl halides is 3. The first-order chi connectivity index (χ1) is 30.7. The number of nitrogens with zero attached hydrogens (tertiary/aromatic N) is 1. The summed E-state index contributed by atoms with van der Waals surface area (Å²) in [7, 11) is 1.51. The van der Waals surface area contributed by atoms with Crippen LogP contribution >= 0.6 is 0 Å². The van der Waals surface area contributed by atoms with Crippen LogP contribution in [0.15, 0.2) is 72.3 Å². The van der Waals surface area contributed by atoms with E-state index in [1.807, 2.05) is 30.3 Å². The van der Waals surface area contributed by atoms with E-state index >= 15 is 0 Å². The van der Waals surface area contributed by atoms with Gasteiger partial charge in [0.2, 0.25) is 11.8 Å². The van der Waals surface area contributed by atoms with Crippen molar-refractivity contribution in [1.29, 1.82) is 0 Å². The van der Waals surface area contributed by atoms with E-state index in [4.69, 9.17) is 18.9 Å². The monoisotopic (exact) mass is 914 g/mol. The molecule has 65 heavy (non-hydrogen) atoms. The molecule has 1 saturated heterocycles. The highest BCUT2D eigenvalue weighted by molar-refractivity contribution is 5.97. The van der Waals surface area contributed by atoms with E-state index in [1.54, 1.807) is 26.8 Å². The number of hydrogen-bond acceptors (Lipinski definition) is 11. The van der Waals surface area contributed by atoms with Gasteiger partial charge in [-0.15, -0.1) is 0 Å². The summed E-state index contributed by atoms with van der Waals surface area (Å²) in [5.41, 5.74) is 0.828. The van der Waals surface area contributed by atoms with Gasteiger partial charge in [0, 0.05) is 50.8 Å². The number of unbranched alkanes of at least 4 members (excludes halogenated alkanes) is 4. The molecule has 0 aromatic heterocycles. The Bertz CT molecular complexity index is 1940. The smallest absolute Gasteiger partial charge is 0.422 e. The molecule has 16 heteroatoms. The Labute approximate surface area is 380 Å². The zero-order chi connectivity index (χ0) is 47.8. The minimum absolute atomic E-state index is 0.0527. The highest BCUT2D eigenvalue weighted by Crippen LogP contribution is 2.43. The summed E-state index contributed by atoms with van der Waals surface area (Å²) in [6, 6.07) is 13.1. The second-order valence-corrected chi connectivity index (χ2v) is 17.6. The molecule has 0 radical (unpaired) electrons. The third-order valence-corrected chi connectivity index (χ3v) is 11.0. The largest absolute Gasteiger partial charge is 0.460 e. The van der Waals surface area contributed by atoms with Crippen molar-refractivity contribution in [2.45, 2.75) is 160 Å². The van der Waals surface area contributed by atoms with E-state index < -0.39 is 90.9 Å². The number of esters is 3. The molecule has 0 saturated carbocycles. The van der Waals surface area contributed by atoms with E-state index in [1.165, 1.54) is 42.3 Å². The lowest BCUT2D eigenvalue weighted by molar-refractivity contribution is -0.190. The van der Waals surface area contributed by atoms with Crippen LogP contribution in [0.3, 0.4) is 0 Å². The summed E-state index contributed by atoms with van der Waals surface area (Å²) < 4.78 is 66.6. The van der Waals surface area contributed by atoms with Crippen molar-refractivity contribution in [1.82, 2.24) is 10.2 Å². The molecule has 13 nitrogen and oxygen atoms in total. The predicted octanol–water partition coefficient (Wildman–Crippen LogP) is 7.97. The summed E-state index contributed by atoms with van der Waals surface area (Å²) in [4.78, 5) is 68.2. The van der Waals surface area contributed by atoms with Crippen LogP contribution in [0.2, 0.25) is 0 Å². The fourth-order valence-electron chi connectivity index (χ4n) is 7.69. The molecule has 2 amide bonds. The van der Waals surface area contributed by atoms with Crippen LogP contribution in [0.1, 0.15) is 127 Å². The highest BCUT2D eigenvalue weighted by Gasteiger charge is 2.53. The number of aliphatic hydroxyl groups excluding tert-OH is 1. The molecule has 2 aromatic carbocycles. The number of likely N-dealkylation sites (N-methyl/N-ethyl adjacent to an activating group) is 1. The number of aliphatic hydroxyl groups is 1. The molecule has 358 valence electrons. The van der Waals surface area contributed by atoms with E-state index in [-0.39, 0.29) is 36.8 Å². The molecule has 1 aliphatic heterocycles. The van der Waals surface area contributed by atoms with E-state index in [9.17, 15) is 42.3 Å². The van der Waals surface area contributed by atoms with Crippen molar-refractivity contribution in [2.24, 2.45) is 0 Å². The van der Waals surface area contributed by atoms with Crippen molar-refractivity contribution < 1.29 is 65.9 Å². The van der Waals surface area contributed by atoms with Gasteiger partial charge in [0.15, 0.2) is 12.4 Å². The molecule has 0 bridgehead atoms. The number of halogens is 3. The third-order valence-electron chi connectivity index (χ3n) is 11.0. The molecule has 2 aromatic rings. The summed E-state index contributed by atoms with van der Waals surface area (Å²) in [5.74, 6) is -4.46. The lowest BCUT2D eigenvalue weighted by atomic mass is 9.90. The number of rotatable bonds is 23. The number of fused-ring (bicyclic) bond motifs is 1. The second kappa shape index (κ2) is 24.5. The van der Waals surface area contributed by atoms with Crippen LogP contribution in [-0.4, -0.2) is 108 Å². The minimum atomic E-state index is -4.66. The number of carbonyl (C=O) groups excluding carboxylic acids is 5. The Morgan fingerprint density at radius 3 is 2.17 bits per heavy atom. The third kappa shape index (κ3) is 17.0. The maximum atomic E-state index is 14.7. The highest BCUT2D eigenvalue weighted by atomic mass is 19.4. The van der Waals surface area contributed by atoms with Crippen molar-refractivity contribution in [3.63, 3.8) is 0 Å². The molecule has 5 atom stereocenters. The van der Waals surface area contributed by atoms with Gasteiger partial charge in [-0.2, -0.15) is 13.2 Å². The van der Waals surface area contributed by atoms with Crippen LogP contribution in [0.4, 0.5) is 13.2 Å². The van der Waals surface area contributed by atoms with Gasteiger partial charge in [-0.1, -0.05) is 82.0 Å². The SMILES string of the molecule is CCCCCC1(CCCCC)OC2C=C(C(=O)N(C)C(Cc3ccccc3)C(=O)NC(CO)CCC(=O)OC(C)(C)C)CC(OC(=O)c3ccc(C=CC(=O)OCC(F)(F)F)cc3)C2O1. The van der Waals surface area contributed by atoms with Gasteiger partial charge in [0.1, 0.15) is 30.0 Å². The average molecular weight is 915 g/mol. The van der Waals surface area contributed by atoms with Crippen molar-refractivity contribution in [3.8, 4) is 0 Å². The van der Waals surface area contributed by atoms with E-state index in [0.29, 0.717) is 18.4 Å². The number of hydrogen-bond donors (Lipinski definition) is 2. The summed E-state index contributed by atoms with van der Waals surface area (Å²) in [5, 5.41) is 13.0. The molecule has 1 fully saturated rings. The molecule has 2 aliphatic rings. The zero-order valence-electron chi connectivity index (χ0n) is 38.3. The lowest BCUT2D eigenvalue weighted by Gasteiger charge is -2.34. The summed E-state index contributed by atoms with van der Waals surface area (Å²) in [6.07, 6.45) is 3.35. The molecular formula is C49H65F3N2O11. The van der Waals surface area contributed by atoms with Crippen molar-refractivity contribution >= 4 is 35.8 Å². The first kappa shape index (κ1) is 52.6. The molecule has 1 heterocycles. The fraction of sp³-hybridized carbons (Fsp3) is 0.571. The maximum Gasteiger partial charge on any atom is 0.422 e. The molecular weight excluding hydrogens is 850 g/mol. The van der Waals surface area contributed by atoms with Crippen LogP contribution in [0.25, 0.3) is 6.08 Å². The normalized spacial score (nSPS) is 19.1. The van der Waals surface area contributed by atoms with Gasteiger partial charge in [0.25, 0.3) is 0 Å². The Morgan fingerprint density at radius 2 is 1.58 bits per heavy atom. The van der Waals surface area contributed by atoms with Crippen molar-refractivity contribution in [3.05, 3.63) is 89.0 Å². The fourth-order valence-corrected chi connectivity index (χ4v) is 7.69. The Hall–Kier alpha value is -5.06. The molecule has 0 spiro atoms. The van der Waals surface area contributed by atoms with Gasteiger partial charge in [0.05, 0.1) is 18.2 Å². The van der Waals surface area contributed by atoms with E-state index in [0.717, 1.165) is 50.2 Å². The molecule has 2 N–H and O–H groups in total. The maximum absolute atomic E-state index is 14.7. The van der Waals surface area contributed by atoms with Crippen LogP contribution in [0.5, 0.6) is 0 Å². The predicted molar refractivity (Wildman–Crippen MR) is 236 cm³/mol. The Kier molecular flexibility index (Phi) is 19.8. The summed E-state index contributed by atoms with van der Waals surface area (Å²) >= 11 is 0.